The number of imidazole rings is 2. The molecule has 0 amide bonds. The van der Waals surface area contributed by atoms with Crippen LogP contribution in [-0.2, 0) is 24.8 Å². The van der Waals surface area contributed by atoms with Gasteiger partial charge in [0.25, 0.3) is 13.4 Å². The number of aromatic amines is 1. The third-order valence-corrected chi connectivity index (χ3v) is 8.90. The molecular formula is C26H23N5O7PS-. The molecule has 0 radical (unpaired) electrons. The van der Waals surface area contributed by atoms with Gasteiger partial charge in [0, 0.05) is 11.9 Å². The van der Waals surface area contributed by atoms with Gasteiger partial charge in [0.2, 0.25) is 5.78 Å². The van der Waals surface area contributed by atoms with E-state index >= 15 is 0 Å². The Bertz CT molecular complexity index is 1810. The van der Waals surface area contributed by atoms with Crippen LogP contribution in [0.15, 0.2) is 76.8 Å². The van der Waals surface area contributed by atoms with E-state index in [4.69, 9.17) is 18.8 Å². The highest BCUT2D eigenvalue weighted by Crippen LogP contribution is 2.50. The number of phosphoric acid groups is 1. The first-order chi connectivity index (χ1) is 19.4. The molecule has 2 fully saturated rings. The van der Waals surface area contributed by atoms with Crippen molar-refractivity contribution >= 4 is 36.5 Å². The number of thioether (sulfide) groups is 1. The fourth-order valence-electron chi connectivity index (χ4n) is 5.05. The number of fused-ring (bicyclic) bond motifs is 3. The molecule has 2 saturated heterocycles. The van der Waals surface area contributed by atoms with Crippen molar-refractivity contribution in [1.82, 2.24) is 23.9 Å². The molecule has 0 saturated carbocycles. The van der Waals surface area contributed by atoms with E-state index in [1.54, 1.807) is 10.8 Å². The van der Waals surface area contributed by atoms with Crippen LogP contribution in [0.4, 0.5) is 0 Å². The number of nitrogens with one attached hydrogen (secondary N) is 1. The van der Waals surface area contributed by atoms with Crippen LogP contribution in [0.1, 0.15) is 11.8 Å². The van der Waals surface area contributed by atoms with Gasteiger partial charge in [0.1, 0.15) is 18.3 Å². The van der Waals surface area contributed by atoms with E-state index in [1.165, 1.54) is 16.2 Å². The molecule has 3 aromatic heterocycles. The molecule has 206 valence electrons. The van der Waals surface area contributed by atoms with Crippen molar-refractivity contribution in [3.05, 3.63) is 82.8 Å². The third-order valence-electron chi connectivity index (χ3n) is 6.98. The van der Waals surface area contributed by atoms with Gasteiger partial charge in [-0.3, -0.25) is 13.9 Å². The predicted octanol–water partition coefficient (Wildman–Crippen LogP) is 2.52. The number of aryl methyl sites for hydroxylation is 1. The van der Waals surface area contributed by atoms with E-state index in [0.717, 1.165) is 17.5 Å². The minimum atomic E-state index is -4.57. The lowest BCUT2D eigenvalue weighted by Crippen LogP contribution is -2.41. The summed E-state index contributed by atoms with van der Waals surface area (Å²) in [5.41, 5.74) is 2.61. The van der Waals surface area contributed by atoms with Crippen molar-refractivity contribution in [3.63, 3.8) is 0 Å². The monoisotopic (exact) mass is 580 g/mol. The van der Waals surface area contributed by atoms with Crippen LogP contribution >= 0.6 is 19.6 Å². The second-order valence-electron chi connectivity index (χ2n) is 9.53. The molecule has 7 rings (SSSR count). The smallest absolute Gasteiger partial charge is 0.287 e. The number of phosphoric ester groups is 1. The first-order valence-electron chi connectivity index (χ1n) is 12.6. The van der Waals surface area contributed by atoms with E-state index in [-0.39, 0.29) is 23.5 Å². The number of aromatic nitrogens is 5. The summed E-state index contributed by atoms with van der Waals surface area (Å²) >= 11 is 1.38. The highest BCUT2D eigenvalue weighted by atomic mass is 32.2. The molecule has 0 bridgehead atoms. The number of H-pyrrole nitrogens is 1. The standard InChI is InChI=1S/C26H24N5O7PS/c32-20-21-18(14-36-39(34,35)38-21)37-24(20)31-22-19(28-26(31)40-12-11-15-7-3-1-4-8-15)23(33)30-13-17(27-25(30)29-22)16-9-5-2-6-10-16/h1-10,13,18,20-21,24,32H,11-12,14H2,(H,27,29)(H,34,35)/p-1/t18?,20?,21-,24-/m1/s1. The van der Waals surface area contributed by atoms with Gasteiger partial charge in [-0.25, -0.2) is 9.38 Å². The maximum absolute atomic E-state index is 13.6. The van der Waals surface area contributed by atoms with E-state index < -0.39 is 37.9 Å². The molecule has 14 heteroatoms. The predicted molar refractivity (Wildman–Crippen MR) is 144 cm³/mol. The molecule has 40 heavy (non-hydrogen) atoms. The van der Waals surface area contributed by atoms with Crippen LogP contribution in [0.25, 0.3) is 28.2 Å². The van der Waals surface area contributed by atoms with Gasteiger partial charge < -0.3 is 28.8 Å². The number of rotatable bonds is 6. The zero-order chi connectivity index (χ0) is 27.4. The molecule has 5 atom stereocenters. The van der Waals surface area contributed by atoms with Gasteiger partial charge in [-0.15, -0.1) is 0 Å². The molecule has 2 aliphatic rings. The summed E-state index contributed by atoms with van der Waals surface area (Å²) in [4.78, 5) is 38.1. The van der Waals surface area contributed by atoms with Gasteiger partial charge in [0.05, 0.1) is 12.3 Å². The number of hydrogen-bond donors (Lipinski definition) is 2. The fourth-order valence-corrected chi connectivity index (χ4v) is 7.01. The lowest BCUT2D eigenvalue weighted by atomic mass is 10.1. The highest BCUT2D eigenvalue weighted by molar-refractivity contribution is 7.99. The largest absolute Gasteiger partial charge is 0.756 e. The maximum Gasteiger partial charge on any atom is 0.287 e. The van der Waals surface area contributed by atoms with Crippen LogP contribution < -0.4 is 10.5 Å². The molecule has 5 aromatic rings. The van der Waals surface area contributed by atoms with Crippen LogP contribution in [-0.4, -0.2) is 59.7 Å². The minimum absolute atomic E-state index is 0.0932. The highest BCUT2D eigenvalue weighted by Gasteiger charge is 2.51. The Morgan fingerprint density at radius 3 is 2.65 bits per heavy atom. The Hall–Kier alpha value is -3.29. The molecule has 5 heterocycles. The molecule has 0 aliphatic carbocycles. The zero-order valence-electron chi connectivity index (χ0n) is 20.8. The lowest BCUT2D eigenvalue weighted by Gasteiger charge is -2.34. The van der Waals surface area contributed by atoms with Crippen molar-refractivity contribution in [3.8, 4) is 11.3 Å². The number of hydrogen-bond acceptors (Lipinski definition) is 10. The van der Waals surface area contributed by atoms with Crippen molar-refractivity contribution < 1.29 is 28.3 Å². The first-order valence-corrected chi connectivity index (χ1v) is 15.1. The molecule has 0 spiro atoms. The molecule has 2 aliphatic heterocycles. The van der Waals surface area contributed by atoms with Gasteiger partial charge in [-0.2, -0.15) is 4.98 Å². The lowest BCUT2D eigenvalue weighted by molar-refractivity contribution is -0.245. The Morgan fingerprint density at radius 2 is 1.88 bits per heavy atom. The third kappa shape index (κ3) is 4.49. The molecule has 12 nitrogen and oxygen atoms in total. The van der Waals surface area contributed by atoms with Crippen molar-refractivity contribution in [1.29, 1.82) is 0 Å². The number of nitrogens with zero attached hydrogens (tertiary/aromatic N) is 4. The Morgan fingerprint density at radius 1 is 1.12 bits per heavy atom. The summed E-state index contributed by atoms with van der Waals surface area (Å²) in [5, 5.41) is 11.6. The first kappa shape index (κ1) is 25.7. The Kier molecular flexibility index (Phi) is 6.39. The van der Waals surface area contributed by atoms with Gasteiger partial charge in [-0.05, 0) is 17.5 Å². The van der Waals surface area contributed by atoms with Gasteiger partial charge >= 0.3 is 0 Å². The average Bonchev–Trinajstić information content (AvgIpc) is 3.64. The van der Waals surface area contributed by atoms with Gasteiger partial charge in [0.15, 0.2) is 22.5 Å². The summed E-state index contributed by atoms with van der Waals surface area (Å²) in [7, 11) is -4.57. The van der Waals surface area contributed by atoms with E-state index in [0.29, 0.717) is 16.6 Å². The van der Waals surface area contributed by atoms with Crippen molar-refractivity contribution in [2.75, 3.05) is 12.4 Å². The number of aliphatic hydroxyl groups is 1. The van der Waals surface area contributed by atoms with E-state index in [2.05, 4.69) is 9.97 Å². The quantitative estimate of drug-likeness (QED) is 0.226. The zero-order valence-corrected chi connectivity index (χ0v) is 22.5. The SMILES string of the molecule is O=c1c2nc(SCCc3ccccc3)n([C@@H]3OC4COP(=O)([O-])O[C@H]4C3O)c2nc2[nH]c(-c3ccccc3)cn12. The van der Waals surface area contributed by atoms with Crippen LogP contribution in [0.3, 0.4) is 0 Å². The van der Waals surface area contributed by atoms with Gasteiger partial charge in [-0.1, -0.05) is 72.4 Å². The summed E-state index contributed by atoms with van der Waals surface area (Å²) in [6.45, 7) is -0.292. The summed E-state index contributed by atoms with van der Waals surface area (Å²) < 4.78 is 30.8. The molecule has 2 N–H and O–H groups in total. The maximum atomic E-state index is 13.6. The number of ether oxygens (including phenoxy) is 1. The second kappa shape index (κ2) is 9.96. The average molecular weight is 581 g/mol. The Balaban J connectivity index is 1.32. The van der Waals surface area contributed by atoms with Crippen molar-refractivity contribution in [2.45, 2.75) is 36.1 Å². The van der Waals surface area contributed by atoms with Crippen LogP contribution in [0.5, 0.6) is 0 Å². The van der Waals surface area contributed by atoms with Crippen LogP contribution in [0.2, 0.25) is 0 Å². The van der Waals surface area contributed by atoms with E-state index in [9.17, 15) is 19.4 Å². The normalized spacial score (nSPS) is 26.4. The number of benzene rings is 2. The summed E-state index contributed by atoms with van der Waals surface area (Å²) in [6.07, 6.45) is -2.09. The molecule has 3 unspecified atom stereocenters. The van der Waals surface area contributed by atoms with Crippen LogP contribution in [0, 0.1) is 0 Å². The topological polar surface area (TPSA) is 156 Å². The summed E-state index contributed by atoms with van der Waals surface area (Å²) in [5.74, 6) is 0.905. The Labute approximate surface area is 231 Å². The fraction of sp³-hybridized carbons (Fsp3) is 0.269. The van der Waals surface area contributed by atoms with E-state index in [1.807, 2.05) is 60.7 Å². The number of aliphatic hydroxyl groups excluding tert-OH is 1. The molecular weight excluding hydrogens is 557 g/mol. The summed E-state index contributed by atoms with van der Waals surface area (Å²) in [6, 6.07) is 19.5. The minimum Gasteiger partial charge on any atom is -0.756 e. The van der Waals surface area contributed by atoms with Crippen molar-refractivity contribution in [2.24, 2.45) is 0 Å². The second-order valence-corrected chi connectivity index (χ2v) is 12.0. The molecule has 2 aromatic carbocycles.